The molecule has 1 heterocycles. The first-order chi connectivity index (χ1) is 13.9. The van der Waals surface area contributed by atoms with Crippen molar-refractivity contribution >= 4 is 23.5 Å². The van der Waals surface area contributed by atoms with Crippen LogP contribution in [0, 0.1) is 5.82 Å². The highest BCUT2D eigenvalue weighted by molar-refractivity contribution is 6.04. The van der Waals surface area contributed by atoms with Gasteiger partial charge in [0.2, 0.25) is 5.91 Å². The van der Waals surface area contributed by atoms with Crippen LogP contribution in [0.15, 0.2) is 47.5 Å². The van der Waals surface area contributed by atoms with E-state index in [2.05, 4.69) is 10.3 Å². The fraction of sp³-hybridized carbons (Fsp3) is 0.250. The van der Waals surface area contributed by atoms with Gasteiger partial charge in [-0.15, -0.1) is 0 Å². The van der Waals surface area contributed by atoms with Gasteiger partial charge in [-0.3, -0.25) is 14.5 Å². The number of amides is 2. The normalized spacial score (nSPS) is 19.5. The molecule has 0 aromatic heterocycles. The van der Waals surface area contributed by atoms with Crippen LogP contribution < -0.4 is 11.1 Å². The van der Waals surface area contributed by atoms with Crippen LogP contribution in [0.3, 0.4) is 0 Å². The molecule has 3 rings (SSSR count). The molecule has 1 atom stereocenters. The van der Waals surface area contributed by atoms with Gasteiger partial charge in [-0.1, -0.05) is 0 Å². The number of nitrogens with one attached hydrogen (secondary N) is 1. The zero-order chi connectivity index (χ0) is 22.3. The molecule has 0 aliphatic carbocycles. The van der Waals surface area contributed by atoms with E-state index in [1.807, 2.05) is 0 Å². The highest BCUT2D eigenvalue weighted by Gasteiger charge is 2.38. The number of nitrogens with two attached hydrogens (primary N) is 1. The summed E-state index contributed by atoms with van der Waals surface area (Å²) < 4.78 is 52.5. The molecule has 6 nitrogen and oxygen atoms in total. The minimum Gasteiger partial charge on any atom is -0.369 e. The molecular formula is C20H18F4N4O2. The fourth-order valence-electron chi connectivity index (χ4n) is 3.09. The van der Waals surface area contributed by atoms with Crippen molar-refractivity contribution < 1.29 is 27.2 Å². The topological polar surface area (TPSA) is 87.8 Å². The Balaban J connectivity index is 1.87. The van der Waals surface area contributed by atoms with Crippen molar-refractivity contribution in [1.29, 1.82) is 0 Å². The van der Waals surface area contributed by atoms with Gasteiger partial charge in [-0.05, 0) is 49.4 Å². The number of hydrogen-bond donors (Lipinski definition) is 2. The molecule has 1 aliphatic rings. The molecule has 0 saturated carbocycles. The average Bonchev–Trinajstić information content (AvgIpc) is 2.67. The summed E-state index contributed by atoms with van der Waals surface area (Å²) in [6, 6.07) is 7.43. The first-order valence-electron chi connectivity index (χ1n) is 8.81. The Morgan fingerprint density at radius 3 is 2.40 bits per heavy atom. The maximum Gasteiger partial charge on any atom is 0.416 e. The lowest BCUT2D eigenvalue weighted by Gasteiger charge is -2.34. The summed E-state index contributed by atoms with van der Waals surface area (Å²) in [6.07, 6.45) is -4.64. The SMILES string of the molecule is CN1C(=O)CC(C)(c2cc(NC(=O)c3ccc(C(F)(F)F)cc3)ccc2F)N=C1N. The zero-order valence-electron chi connectivity index (χ0n) is 16.0. The third-order valence-electron chi connectivity index (χ3n) is 4.85. The Kier molecular flexibility index (Phi) is 5.27. The van der Waals surface area contributed by atoms with E-state index in [4.69, 9.17) is 5.73 Å². The van der Waals surface area contributed by atoms with Gasteiger partial charge in [0.25, 0.3) is 5.91 Å². The number of anilines is 1. The molecule has 0 bridgehead atoms. The molecule has 1 aliphatic heterocycles. The summed E-state index contributed by atoms with van der Waals surface area (Å²) in [4.78, 5) is 29.9. The fourth-order valence-corrected chi connectivity index (χ4v) is 3.09. The Bertz CT molecular complexity index is 1030. The van der Waals surface area contributed by atoms with Crippen molar-refractivity contribution in [2.24, 2.45) is 10.7 Å². The lowest BCUT2D eigenvalue weighted by Crippen LogP contribution is -2.47. The minimum absolute atomic E-state index is 0.00294. The molecule has 10 heteroatoms. The van der Waals surface area contributed by atoms with Crippen LogP contribution >= 0.6 is 0 Å². The van der Waals surface area contributed by atoms with Crippen molar-refractivity contribution in [3.63, 3.8) is 0 Å². The second-order valence-corrected chi connectivity index (χ2v) is 7.10. The van der Waals surface area contributed by atoms with E-state index >= 15 is 0 Å². The highest BCUT2D eigenvalue weighted by Crippen LogP contribution is 2.36. The second kappa shape index (κ2) is 7.43. The molecule has 30 heavy (non-hydrogen) atoms. The third kappa shape index (κ3) is 4.12. The summed E-state index contributed by atoms with van der Waals surface area (Å²) in [6.45, 7) is 1.55. The van der Waals surface area contributed by atoms with Crippen LogP contribution in [0.1, 0.15) is 34.8 Å². The first-order valence-corrected chi connectivity index (χ1v) is 8.81. The summed E-state index contributed by atoms with van der Waals surface area (Å²) in [5.74, 6) is -1.72. The molecule has 2 aromatic rings. The lowest BCUT2D eigenvalue weighted by atomic mass is 9.87. The van der Waals surface area contributed by atoms with Gasteiger partial charge >= 0.3 is 6.18 Å². The Labute approximate surface area is 169 Å². The molecular weight excluding hydrogens is 404 g/mol. The summed E-state index contributed by atoms with van der Waals surface area (Å²) in [7, 11) is 1.46. The van der Waals surface area contributed by atoms with Crippen molar-refractivity contribution in [2.75, 3.05) is 12.4 Å². The number of guanidine groups is 1. The van der Waals surface area contributed by atoms with Crippen molar-refractivity contribution in [3.05, 3.63) is 65.0 Å². The summed E-state index contributed by atoms with van der Waals surface area (Å²) >= 11 is 0. The molecule has 0 fully saturated rings. The van der Waals surface area contributed by atoms with Crippen LogP contribution in [0.25, 0.3) is 0 Å². The Hall–Kier alpha value is -3.43. The smallest absolute Gasteiger partial charge is 0.369 e. The quantitative estimate of drug-likeness (QED) is 0.743. The first kappa shape index (κ1) is 21.3. The van der Waals surface area contributed by atoms with Crippen LogP contribution in [0.2, 0.25) is 0 Å². The van der Waals surface area contributed by atoms with Gasteiger partial charge in [0.1, 0.15) is 5.82 Å². The van der Waals surface area contributed by atoms with Gasteiger partial charge in [-0.2, -0.15) is 13.2 Å². The van der Waals surface area contributed by atoms with Gasteiger partial charge in [-0.25, -0.2) is 9.38 Å². The minimum atomic E-state index is -4.51. The number of nitrogens with zero attached hydrogens (tertiary/aromatic N) is 2. The number of hydrogen-bond acceptors (Lipinski definition) is 4. The maximum atomic E-state index is 14.5. The van der Waals surface area contributed by atoms with E-state index in [1.165, 1.54) is 19.2 Å². The molecule has 3 N–H and O–H groups in total. The van der Waals surface area contributed by atoms with E-state index in [0.717, 1.165) is 35.2 Å². The van der Waals surface area contributed by atoms with Gasteiger partial charge < -0.3 is 11.1 Å². The molecule has 0 radical (unpaired) electrons. The molecule has 2 aromatic carbocycles. The van der Waals surface area contributed by atoms with E-state index in [9.17, 15) is 27.2 Å². The monoisotopic (exact) mass is 422 g/mol. The van der Waals surface area contributed by atoms with Crippen molar-refractivity contribution in [3.8, 4) is 0 Å². The standard InChI is InChI=1S/C20H18F4N4O2/c1-19(10-16(29)28(2)18(25)27-19)14-9-13(7-8-15(14)21)26-17(30)11-3-5-12(6-4-11)20(22,23)24/h3-9H,10H2,1-2H3,(H2,25,27)(H,26,30). The van der Waals surface area contributed by atoms with Crippen LogP contribution in [-0.4, -0.2) is 29.7 Å². The summed E-state index contributed by atoms with van der Waals surface area (Å²) in [5, 5.41) is 2.51. The Morgan fingerprint density at radius 2 is 1.83 bits per heavy atom. The van der Waals surface area contributed by atoms with Crippen LogP contribution in [0.5, 0.6) is 0 Å². The molecule has 0 saturated heterocycles. The van der Waals surface area contributed by atoms with Gasteiger partial charge in [0.05, 0.1) is 17.5 Å². The number of alkyl halides is 3. The number of rotatable bonds is 3. The Morgan fingerprint density at radius 1 is 1.20 bits per heavy atom. The predicted molar refractivity (Wildman–Crippen MR) is 102 cm³/mol. The lowest BCUT2D eigenvalue weighted by molar-refractivity contribution is -0.137. The molecule has 0 spiro atoms. The van der Waals surface area contributed by atoms with E-state index < -0.39 is 29.0 Å². The number of benzene rings is 2. The summed E-state index contributed by atoms with van der Waals surface area (Å²) in [5.41, 5.74) is 3.85. The van der Waals surface area contributed by atoms with Crippen molar-refractivity contribution in [1.82, 2.24) is 4.90 Å². The largest absolute Gasteiger partial charge is 0.416 e. The molecule has 2 amide bonds. The zero-order valence-corrected chi connectivity index (χ0v) is 16.0. The van der Waals surface area contributed by atoms with Crippen LogP contribution in [-0.2, 0) is 16.5 Å². The molecule has 158 valence electrons. The third-order valence-corrected chi connectivity index (χ3v) is 4.85. The number of carbonyl (C=O) groups excluding carboxylic acids is 2. The van der Waals surface area contributed by atoms with Crippen LogP contribution in [0.4, 0.5) is 23.2 Å². The number of aliphatic imine (C=N–C) groups is 1. The second-order valence-electron chi connectivity index (χ2n) is 7.10. The molecule has 1 unspecified atom stereocenters. The van der Waals surface area contributed by atoms with E-state index in [-0.39, 0.29) is 35.1 Å². The average molecular weight is 422 g/mol. The number of carbonyl (C=O) groups is 2. The van der Waals surface area contributed by atoms with E-state index in [1.54, 1.807) is 6.92 Å². The van der Waals surface area contributed by atoms with Gasteiger partial charge in [0.15, 0.2) is 5.96 Å². The van der Waals surface area contributed by atoms with E-state index in [0.29, 0.717) is 0 Å². The maximum absolute atomic E-state index is 14.5. The van der Waals surface area contributed by atoms with Gasteiger partial charge in [0, 0.05) is 23.9 Å². The van der Waals surface area contributed by atoms with Crippen molar-refractivity contribution in [2.45, 2.75) is 25.1 Å². The highest BCUT2D eigenvalue weighted by atomic mass is 19.4. The number of halogens is 4. The predicted octanol–water partition coefficient (Wildman–Crippen LogP) is 3.49.